The lowest BCUT2D eigenvalue weighted by Crippen LogP contribution is -2.54. The number of benzene rings is 1. The number of hydrogen-bond acceptors (Lipinski definition) is 2. The Labute approximate surface area is 111 Å². The Bertz CT molecular complexity index is 417. The third-order valence-corrected chi connectivity index (χ3v) is 3.46. The number of halogens is 2. The molecule has 0 unspecified atom stereocenters. The first-order valence-electron chi connectivity index (χ1n) is 6.29. The summed E-state index contributed by atoms with van der Waals surface area (Å²) in [5.41, 5.74) is -1.41. The molecule has 0 aliphatic carbocycles. The monoisotopic (exact) mass is 271 g/mol. The van der Waals surface area contributed by atoms with Crippen LogP contribution in [0.3, 0.4) is 0 Å². The average molecular weight is 271 g/mol. The van der Waals surface area contributed by atoms with E-state index in [9.17, 15) is 18.7 Å². The van der Waals surface area contributed by atoms with Gasteiger partial charge in [-0.2, -0.15) is 8.78 Å². The molecule has 19 heavy (non-hydrogen) atoms. The van der Waals surface area contributed by atoms with Gasteiger partial charge in [0.05, 0.1) is 6.54 Å². The van der Waals surface area contributed by atoms with E-state index in [1.54, 1.807) is 19.9 Å². The van der Waals surface area contributed by atoms with E-state index in [1.807, 2.05) is 0 Å². The Morgan fingerprint density at radius 3 is 2.16 bits per heavy atom. The predicted molar refractivity (Wildman–Crippen MR) is 69.3 cm³/mol. The molecule has 3 nitrogen and oxygen atoms in total. The molecule has 0 aliphatic rings. The van der Waals surface area contributed by atoms with Crippen LogP contribution in [-0.2, 0) is 10.7 Å². The van der Waals surface area contributed by atoms with E-state index in [1.165, 1.54) is 24.3 Å². The Morgan fingerprint density at radius 2 is 1.74 bits per heavy atom. The SMILES string of the molecule is CCC(CC)(NCC(F)(F)c1ccccc1)C(=O)O. The van der Waals surface area contributed by atoms with E-state index in [-0.39, 0.29) is 18.4 Å². The molecule has 0 aromatic heterocycles. The van der Waals surface area contributed by atoms with Crippen LogP contribution < -0.4 is 5.32 Å². The third kappa shape index (κ3) is 3.50. The number of aliphatic carboxylic acids is 1. The summed E-state index contributed by atoms with van der Waals surface area (Å²) in [7, 11) is 0. The molecule has 1 aromatic carbocycles. The molecule has 0 bridgehead atoms. The van der Waals surface area contributed by atoms with Gasteiger partial charge in [-0.25, -0.2) is 0 Å². The minimum atomic E-state index is -3.09. The zero-order chi connectivity index (χ0) is 14.5. The maximum absolute atomic E-state index is 14.0. The fraction of sp³-hybridized carbons (Fsp3) is 0.500. The first-order chi connectivity index (χ1) is 8.88. The van der Waals surface area contributed by atoms with Crippen molar-refractivity contribution in [3.8, 4) is 0 Å². The fourth-order valence-electron chi connectivity index (χ4n) is 1.94. The number of hydrogen-bond donors (Lipinski definition) is 2. The molecule has 1 rings (SSSR count). The van der Waals surface area contributed by atoms with E-state index in [0.29, 0.717) is 0 Å². The molecule has 0 heterocycles. The second-order valence-corrected chi connectivity index (χ2v) is 4.52. The van der Waals surface area contributed by atoms with Crippen LogP contribution in [0, 0.1) is 0 Å². The summed E-state index contributed by atoms with van der Waals surface area (Å²) in [5.74, 6) is -4.19. The van der Waals surface area contributed by atoms with Gasteiger partial charge in [-0.1, -0.05) is 44.2 Å². The molecule has 0 saturated carbocycles. The van der Waals surface area contributed by atoms with Gasteiger partial charge in [0.2, 0.25) is 0 Å². The zero-order valence-electron chi connectivity index (χ0n) is 11.1. The molecule has 0 amide bonds. The molecule has 5 heteroatoms. The van der Waals surface area contributed by atoms with Crippen LogP contribution in [0.5, 0.6) is 0 Å². The van der Waals surface area contributed by atoms with Crippen LogP contribution in [0.25, 0.3) is 0 Å². The maximum Gasteiger partial charge on any atom is 0.323 e. The van der Waals surface area contributed by atoms with Gasteiger partial charge in [0.15, 0.2) is 0 Å². The summed E-state index contributed by atoms with van der Waals surface area (Å²) in [6.45, 7) is 2.65. The van der Waals surface area contributed by atoms with Gasteiger partial charge in [-0.05, 0) is 12.8 Å². The van der Waals surface area contributed by atoms with Crippen molar-refractivity contribution < 1.29 is 18.7 Å². The minimum Gasteiger partial charge on any atom is -0.480 e. The van der Waals surface area contributed by atoms with Crippen LogP contribution >= 0.6 is 0 Å². The van der Waals surface area contributed by atoms with Gasteiger partial charge in [0.25, 0.3) is 5.92 Å². The van der Waals surface area contributed by atoms with Gasteiger partial charge < -0.3 is 5.11 Å². The van der Waals surface area contributed by atoms with Crippen LogP contribution in [0.2, 0.25) is 0 Å². The fourth-order valence-corrected chi connectivity index (χ4v) is 1.94. The largest absolute Gasteiger partial charge is 0.480 e. The second kappa shape index (κ2) is 6.10. The summed E-state index contributed by atoms with van der Waals surface area (Å²) < 4.78 is 27.9. The highest BCUT2D eigenvalue weighted by Crippen LogP contribution is 2.28. The van der Waals surface area contributed by atoms with Crippen molar-refractivity contribution in [1.82, 2.24) is 5.32 Å². The summed E-state index contributed by atoms with van der Waals surface area (Å²) in [6, 6.07) is 7.40. The Morgan fingerprint density at radius 1 is 1.21 bits per heavy atom. The molecule has 106 valence electrons. The Hall–Kier alpha value is -1.49. The summed E-state index contributed by atoms with van der Waals surface area (Å²) in [4.78, 5) is 11.2. The van der Waals surface area contributed by atoms with Crippen LogP contribution in [0.15, 0.2) is 30.3 Å². The number of carbonyl (C=O) groups is 1. The molecule has 2 N–H and O–H groups in total. The topological polar surface area (TPSA) is 49.3 Å². The highest BCUT2D eigenvalue weighted by Gasteiger charge is 2.39. The van der Waals surface area contributed by atoms with Crippen molar-refractivity contribution in [3.63, 3.8) is 0 Å². The average Bonchev–Trinajstić information content (AvgIpc) is 2.41. The van der Waals surface area contributed by atoms with Crippen molar-refractivity contribution in [2.45, 2.75) is 38.2 Å². The van der Waals surface area contributed by atoms with Gasteiger partial charge in [-0.15, -0.1) is 0 Å². The van der Waals surface area contributed by atoms with E-state index in [4.69, 9.17) is 0 Å². The zero-order valence-corrected chi connectivity index (χ0v) is 11.1. The van der Waals surface area contributed by atoms with Gasteiger partial charge >= 0.3 is 5.97 Å². The maximum atomic E-state index is 14.0. The smallest absolute Gasteiger partial charge is 0.323 e. The van der Waals surface area contributed by atoms with Crippen LogP contribution in [0.4, 0.5) is 8.78 Å². The molecule has 0 radical (unpaired) electrons. The Balaban J connectivity index is 2.82. The quantitative estimate of drug-likeness (QED) is 0.801. The number of alkyl halides is 2. The van der Waals surface area contributed by atoms with E-state index >= 15 is 0 Å². The number of carboxylic acid groups (broad SMARTS) is 1. The first-order valence-corrected chi connectivity index (χ1v) is 6.29. The third-order valence-electron chi connectivity index (χ3n) is 3.46. The minimum absolute atomic E-state index is 0.117. The van der Waals surface area contributed by atoms with Crippen molar-refractivity contribution in [1.29, 1.82) is 0 Å². The van der Waals surface area contributed by atoms with Crippen LogP contribution in [-0.4, -0.2) is 23.2 Å². The van der Waals surface area contributed by atoms with Gasteiger partial charge in [-0.3, -0.25) is 10.1 Å². The standard InChI is InChI=1S/C14H19F2NO2/c1-3-13(4-2,12(18)19)17-10-14(15,16)11-8-6-5-7-9-11/h5-9,17H,3-4,10H2,1-2H3,(H,18,19). The summed E-state index contributed by atoms with van der Waals surface area (Å²) in [5, 5.41) is 11.7. The summed E-state index contributed by atoms with van der Waals surface area (Å²) in [6.07, 6.45) is 0.507. The van der Waals surface area contributed by atoms with Crippen molar-refractivity contribution >= 4 is 5.97 Å². The number of carboxylic acids is 1. The lowest BCUT2D eigenvalue weighted by Gasteiger charge is -2.30. The molecule has 0 saturated heterocycles. The molecule has 1 aromatic rings. The molecule has 0 aliphatic heterocycles. The molecule has 0 atom stereocenters. The van der Waals surface area contributed by atoms with Crippen molar-refractivity contribution in [3.05, 3.63) is 35.9 Å². The van der Waals surface area contributed by atoms with E-state index in [0.717, 1.165) is 0 Å². The highest BCUT2D eigenvalue weighted by molar-refractivity contribution is 5.78. The van der Waals surface area contributed by atoms with Gasteiger partial charge in [0.1, 0.15) is 5.54 Å². The number of rotatable bonds is 7. The van der Waals surface area contributed by atoms with Crippen molar-refractivity contribution in [2.75, 3.05) is 6.54 Å². The lowest BCUT2D eigenvalue weighted by atomic mass is 9.92. The van der Waals surface area contributed by atoms with E-state index < -0.39 is 24.0 Å². The second-order valence-electron chi connectivity index (χ2n) is 4.52. The Kier molecular flexibility index (Phi) is 5.00. The first kappa shape index (κ1) is 15.6. The van der Waals surface area contributed by atoms with E-state index in [2.05, 4.69) is 5.32 Å². The predicted octanol–water partition coefficient (Wildman–Crippen LogP) is 3.01. The van der Waals surface area contributed by atoms with Crippen LogP contribution in [0.1, 0.15) is 32.3 Å². The number of nitrogens with one attached hydrogen (secondary N) is 1. The molecule has 0 spiro atoms. The molecule has 0 fully saturated rings. The highest BCUT2D eigenvalue weighted by atomic mass is 19.3. The molecular formula is C14H19F2NO2. The van der Waals surface area contributed by atoms with Crippen molar-refractivity contribution in [2.24, 2.45) is 0 Å². The lowest BCUT2D eigenvalue weighted by molar-refractivity contribution is -0.146. The molecular weight excluding hydrogens is 252 g/mol. The van der Waals surface area contributed by atoms with Gasteiger partial charge in [0, 0.05) is 5.56 Å². The normalized spacial score (nSPS) is 12.4. The summed E-state index contributed by atoms with van der Waals surface area (Å²) >= 11 is 0.